The number of halogens is 1. The van der Waals surface area contributed by atoms with Gasteiger partial charge in [0.15, 0.2) is 11.0 Å². The zero-order valence-corrected chi connectivity index (χ0v) is 18.5. The lowest BCUT2D eigenvalue weighted by Crippen LogP contribution is -2.41. The highest BCUT2D eigenvalue weighted by atomic mass is 35.5. The minimum absolute atomic E-state index is 0.178. The first kappa shape index (κ1) is 20.5. The predicted octanol–water partition coefficient (Wildman–Crippen LogP) is 4.58. The van der Waals surface area contributed by atoms with E-state index >= 15 is 0 Å². The molecule has 1 aliphatic heterocycles. The summed E-state index contributed by atoms with van der Waals surface area (Å²) in [5.74, 6) is 2.32. The number of hydrogen-bond donors (Lipinski definition) is 0. The number of aromatic nitrogens is 3. The molecule has 2 aliphatic rings. The van der Waals surface area contributed by atoms with E-state index in [0.717, 1.165) is 49.8 Å². The van der Waals surface area contributed by atoms with Crippen molar-refractivity contribution in [2.24, 2.45) is 5.92 Å². The van der Waals surface area contributed by atoms with E-state index in [1.807, 2.05) is 30.0 Å². The molecule has 29 heavy (non-hydrogen) atoms. The van der Waals surface area contributed by atoms with Crippen molar-refractivity contribution >= 4 is 29.3 Å². The third-order valence-corrected chi connectivity index (χ3v) is 6.92. The van der Waals surface area contributed by atoms with Gasteiger partial charge in [-0.15, -0.1) is 10.2 Å². The Morgan fingerprint density at radius 2 is 1.97 bits per heavy atom. The van der Waals surface area contributed by atoms with Gasteiger partial charge in [0.1, 0.15) is 12.4 Å². The van der Waals surface area contributed by atoms with Gasteiger partial charge < -0.3 is 9.64 Å². The van der Waals surface area contributed by atoms with Gasteiger partial charge in [-0.05, 0) is 50.7 Å². The van der Waals surface area contributed by atoms with E-state index in [0.29, 0.717) is 29.3 Å². The van der Waals surface area contributed by atoms with Crippen molar-refractivity contribution in [3.63, 3.8) is 0 Å². The van der Waals surface area contributed by atoms with Gasteiger partial charge in [0.05, 0.1) is 10.3 Å². The number of nitrogens with zero attached hydrogens (tertiary/aromatic N) is 4. The molecule has 4 rings (SSSR count). The second kappa shape index (κ2) is 8.96. The van der Waals surface area contributed by atoms with Gasteiger partial charge in [0.2, 0.25) is 5.91 Å². The van der Waals surface area contributed by atoms with Crippen LogP contribution in [0.2, 0.25) is 5.02 Å². The van der Waals surface area contributed by atoms with Gasteiger partial charge in [-0.25, -0.2) is 0 Å². The average molecular weight is 435 g/mol. The molecule has 6 nitrogen and oxygen atoms in total. The Balaban J connectivity index is 1.43. The summed E-state index contributed by atoms with van der Waals surface area (Å²) in [5.41, 5.74) is 0. The summed E-state index contributed by atoms with van der Waals surface area (Å²) in [5, 5.41) is 9.94. The summed E-state index contributed by atoms with van der Waals surface area (Å²) in [6, 6.07) is 7.81. The molecule has 8 heteroatoms. The fourth-order valence-corrected chi connectivity index (χ4v) is 4.80. The number of carbonyl (C=O) groups excluding carboxylic acids is 1. The van der Waals surface area contributed by atoms with Crippen molar-refractivity contribution in [1.29, 1.82) is 0 Å². The number of para-hydroxylation sites is 1. The third kappa shape index (κ3) is 4.89. The smallest absolute Gasteiger partial charge is 0.235 e. The van der Waals surface area contributed by atoms with Crippen molar-refractivity contribution in [2.75, 3.05) is 13.1 Å². The predicted molar refractivity (Wildman–Crippen MR) is 114 cm³/mol. The third-order valence-electron chi connectivity index (χ3n) is 5.57. The molecule has 1 saturated carbocycles. The zero-order valence-electron chi connectivity index (χ0n) is 16.9. The Kier molecular flexibility index (Phi) is 6.35. The largest absolute Gasteiger partial charge is 0.484 e. The fraction of sp³-hybridized carbons (Fsp3) is 0.571. The van der Waals surface area contributed by atoms with Crippen LogP contribution in [0.4, 0.5) is 0 Å². The summed E-state index contributed by atoms with van der Waals surface area (Å²) >= 11 is 7.69. The molecule has 0 spiro atoms. The number of carbonyl (C=O) groups is 1. The second-order valence-electron chi connectivity index (χ2n) is 7.99. The molecule has 1 amide bonds. The highest BCUT2D eigenvalue weighted by Gasteiger charge is 2.32. The van der Waals surface area contributed by atoms with Crippen LogP contribution in [0, 0.1) is 5.92 Å². The van der Waals surface area contributed by atoms with Crippen LogP contribution in [0.3, 0.4) is 0 Å². The minimum Gasteiger partial charge on any atom is -0.484 e. The number of ether oxygens (including phenoxy) is 1. The van der Waals surface area contributed by atoms with E-state index in [2.05, 4.69) is 21.7 Å². The highest BCUT2D eigenvalue weighted by Crippen LogP contribution is 2.40. The first-order chi connectivity index (χ1) is 14.0. The fourth-order valence-electron chi connectivity index (χ4n) is 3.58. The monoisotopic (exact) mass is 434 g/mol. The Morgan fingerprint density at radius 3 is 2.66 bits per heavy atom. The van der Waals surface area contributed by atoms with E-state index in [1.54, 1.807) is 6.07 Å². The summed E-state index contributed by atoms with van der Waals surface area (Å²) < 4.78 is 8.02. The van der Waals surface area contributed by atoms with Crippen LogP contribution in [-0.4, -0.2) is 43.9 Å². The zero-order chi connectivity index (χ0) is 20.4. The molecule has 1 saturated heterocycles. The van der Waals surface area contributed by atoms with E-state index in [-0.39, 0.29) is 11.2 Å². The van der Waals surface area contributed by atoms with Crippen LogP contribution in [-0.2, 0) is 11.4 Å². The summed E-state index contributed by atoms with van der Waals surface area (Å²) in [6.45, 7) is 6.25. The van der Waals surface area contributed by atoms with Crippen molar-refractivity contribution in [3.05, 3.63) is 35.1 Å². The molecule has 0 unspecified atom stereocenters. The van der Waals surface area contributed by atoms with Crippen LogP contribution in [0.25, 0.3) is 0 Å². The number of thioether (sulfide) groups is 1. The lowest BCUT2D eigenvalue weighted by Gasteiger charge is -2.32. The van der Waals surface area contributed by atoms with Crippen LogP contribution < -0.4 is 4.74 Å². The molecule has 1 aromatic carbocycles. The molecule has 1 atom stereocenters. The minimum atomic E-state index is -0.178. The van der Waals surface area contributed by atoms with Gasteiger partial charge in [-0.2, -0.15) is 0 Å². The lowest BCUT2D eigenvalue weighted by atomic mass is 9.99. The average Bonchev–Trinajstić information content (AvgIpc) is 3.48. The second-order valence-corrected chi connectivity index (χ2v) is 9.70. The summed E-state index contributed by atoms with van der Waals surface area (Å²) in [4.78, 5) is 14.9. The number of hydrogen-bond acceptors (Lipinski definition) is 5. The van der Waals surface area contributed by atoms with E-state index in [4.69, 9.17) is 16.3 Å². The van der Waals surface area contributed by atoms with Crippen LogP contribution in [0.5, 0.6) is 5.75 Å². The normalized spacial score (nSPS) is 18.7. The first-order valence-electron chi connectivity index (χ1n) is 10.3. The maximum Gasteiger partial charge on any atom is 0.235 e. The van der Waals surface area contributed by atoms with Gasteiger partial charge >= 0.3 is 0 Å². The Bertz CT molecular complexity index is 862. The van der Waals surface area contributed by atoms with Gasteiger partial charge in [0, 0.05) is 19.1 Å². The maximum absolute atomic E-state index is 12.9. The Morgan fingerprint density at radius 1 is 1.24 bits per heavy atom. The van der Waals surface area contributed by atoms with Crippen molar-refractivity contribution in [1.82, 2.24) is 19.7 Å². The van der Waals surface area contributed by atoms with E-state index in [9.17, 15) is 4.79 Å². The molecule has 0 radical (unpaired) electrons. The molecule has 2 fully saturated rings. The molecule has 0 bridgehead atoms. The number of piperidine rings is 1. The van der Waals surface area contributed by atoms with Crippen molar-refractivity contribution in [3.8, 4) is 5.75 Å². The van der Waals surface area contributed by atoms with Crippen molar-refractivity contribution in [2.45, 2.75) is 62.6 Å². The van der Waals surface area contributed by atoms with E-state index in [1.165, 1.54) is 11.8 Å². The molecule has 2 heterocycles. The van der Waals surface area contributed by atoms with Crippen LogP contribution in [0.15, 0.2) is 29.4 Å². The molecule has 1 aromatic heterocycles. The molecule has 2 aromatic rings. The number of likely N-dealkylation sites (tertiary alicyclic amines) is 1. The highest BCUT2D eigenvalue weighted by molar-refractivity contribution is 8.00. The summed E-state index contributed by atoms with van der Waals surface area (Å²) in [7, 11) is 0. The number of amides is 1. The molecule has 1 aliphatic carbocycles. The number of rotatable bonds is 7. The van der Waals surface area contributed by atoms with E-state index < -0.39 is 0 Å². The standard InChI is InChI=1S/C21H27ClN4O2S/c1-14-9-11-25(12-10-14)20(27)15(2)29-21-24-23-19(26(21)16-7-8-16)13-28-18-6-4-3-5-17(18)22/h3-6,14-16H,7-13H2,1-2H3/t15-/m1/s1. The van der Waals surface area contributed by atoms with Gasteiger partial charge in [-0.1, -0.05) is 42.4 Å². The molecular formula is C21H27ClN4O2S. The maximum atomic E-state index is 12.9. The first-order valence-corrected chi connectivity index (χ1v) is 11.5. The van der Waals surface area contributed by atoms with Gasteiger partial charge in [-0.3, -0.25) is 9.36 Å². The summed E-state index contributed by atoms with van der Waals surface area (Å²) in [6.07, 6.45) is 4.39. The molecular weight excluding hydrogens is 408 g/mol. The van der Waals surface area contributed by atoms with Crippen LogP contribution in [0.1, 0.15) is 51.4 Å². The number of benzene rings is 1. The Hall–Kier alpha value is -1.73. The lowest BCUT2D eigenvalue weighted by molar-refractivity contribution is -0.131. The van der Waals surface area contributed by atoms with Gasteiger partial charge in [0.25, 0.3) is 0 Å². The molecule has 0 N–H and O–H groups in total. The SMILES string of the molecule is CC1CCN(C(=O)[C@@H](C)Sc2nnc(COc3ccccc3Cl)n2C2CC2)CC1. The van der Waals surface area contributed by atoms with Crippen LogP contribution >= 0.6 is 23.4 Å². The topological polar surface area (TPSA) is 60.3 Å². The van der Waals surface area contributed by atoms with Crippen molar-refractivity contribution < 1.29 is 9.53 Å². The molecule has 156 valence electrons. The quantitative estimate of drug-likeness (QED) is 0.596. The Labute approximate surface area is 181 Å².